The van der Waals surface area contributed by atoms with Crippen LogP contribution in [0, 0.1) is 0 Å². The molecule has 2 amide bonds. The molecule has 1 aliphatic carbocycles. The van der Waals surface area contributed by atoms with Gasteiger partial charge in [-0.15, -0.1) is 0 Å². The number of carboxylic acid groups (broad SMARTS) is 1. The van der Waals surface area contributed by atoms with E-state index in [1.165, 1.54) is 0 Å². The van der Waals surface area contributed by atoms with Crippen molar-refractivity contribution in [1.82, 2.24) is 15.1 Å². The first-order chi connectivity index (χ1) is 10.5. The molecule has 0 aromatic heterocycles. The molecule has 1 atom stereocenters. The van der Waals surface area contributed by atoms with Gasteiger partial charge in [-0.25, -0.2) is 4.79 Å². The van der Waals surface area contributed by atoms with Gasteiger partial charge in [0.1, 0.15) is 0 Å². The van der Waals surface area contributed by atoms with Crippen LogP contribution in [-0.2, 0) is 9.53 Å². The van der Waals surface area contributed by atoms with Crippen molar-refractivity contribution in [3.05, 3.63) is 0 Å². The highest BCUT2D eigenvalue weighted by molar-refractivity contribution is 5.74. The van der Waals surface area contributed by atoms with Gasteiger partial charge in [-0.05, 0) is 32.7 Å². The van der Waals surface area contributed by atoms with E-state index in [9.17, 15) is 9.59 Å². The van der Waals surface area contributed by atoms with Crippen LogP contribution in [0.3, 0.4) is 0 Å². The van der Waals surface area contributed by atoms with Gasteiger partial charge in [0.2, 0.25) is 0 Å². The Morgan fingerprint density at radius 3 is 2.77 bits per heavy atom. The number of rotatable bonds is 5. The van der Waals surface area contributed by atoms with Crippen molar-refractivity contribution in [1.29, 1.82) is 0 Å². The van der Waals surface area contributed by atoms with Gasteiger partial charge >= 0.3 is 12.0 Å². The fraction of sp³-hybridized carbons (Fsp3) is 0.867. The van der Waals surface area contributed by atoms with Crippen molar-refractivity contribution in [2.75, 3.05) is 32.8 Å². The molecule has 1 aliphatic heterocycles. The van der Waals surface area contributed by atoms with Gasteiger partial charge in [-0.2, -0.15) is 0 Å². The minimum atomic E-state index is -0.798. The first-order valence-electron chi connectivity index (χ1n) is 8.12. The number of carboxylic acids is 1. The van der Waals surface area contributed by atoms with E-state index in [1.807, 2.05) is 23.6 Å². The third-order valence-corrected chi connectivity index (χ3v) is 4.44. The number of aliphatic carboxylic acids is 1. The lowest BCUT2D eigenvalue weighted by Crippen LogP contribution is -2.57. The zero-order valence-electron chi connectivity index (χ0n) is 13.5. The van der Waals surface area contributed by atoms with E-state index in [2.05, 4.69) is 5.32 Å². The maximum absolute atomic E-state index is 12.3. The maximum atomic E-state index is 12.3. The molecule has 1 saturated carbocycles. The minimum Gasteiger partial charge on any atom is -0.480 e. The van der Waals surface area contributed by atoms with Crippen LogP contribution < -0.4 is 5.32 Å². The second kappa shape index (κ2) is 7.78. The highest BCUT2D eigenvalue weighted by atomic mass is 16.5. The molecule has 0 spiro atoms. The normalized spacial score (nSPS) is 28.9. The lowest BCUT2D eigenvalue weighted by Gasteiger charge is -2.42. The molecular weight excluding hydrogens is 286 g/mol. The first-order valence-corrected chi connectivity index (χ1v) is 8.12. The molecule has 7 heteroatoms. The van der Waals surface area contributed by atoms with Gasteiger partial charge in [-0.3, -0.25) is 9.69 Å². The van der Waals surface area contributed by atoms with E-state index < -0.39 is 5.97 Å². The average Bonchev–Trinajstić information content (AvgIpc) is 2.64. The number of likely N-dealkylation sites (N-methyl/N-ethyl adjacent to an activating group) is 1. The van der Waals surface area contributed by atoms with Crippen LogP contribution in [-0.4, -0.2) is 77.9 Å². The quantitative estimate of drug-likeness (QED) is 0.782. The molecule has 1 saturated heterocycles. The summed E-state index contributed by atoms with van der Waals surface area (Å²) in [4.78, 5) is 26.9. The number of carbonyl (C=O) groups excluding carboxylic acids is 1. The lowest BCUT2D eigenvalue weighted by molar-refractivity contribution is -0.139. The van der Waals surface area contributed by atoms with E-state index in [4.69, 9.17) is 9.84 Å². The second-order valence-electron chi connectivity index (χ2n) is 6.21. The van der Waals surface area contributed by atoms with Crippen LogP contribution in [0.5, 0.6) is 0 Å². The van der Waals surface area contributed by atoms with Crippen LogP contribution >= 0.6 is 0 Å². The summed E-state index contributed by atoms with van der Waals surface area (Å²) < 4.78 is 5.54. The van der Waals surface area contributed by atoms with Gasteiger partial charge < -0.3 is 20.1 Å². The Morgan fingerprint density at radius 2 is 2.14 bits per heavy atom. The monoisotopic (exact) mass is 313 g/mol. The summed E-state index contributed by atoms with van der Waals surface area (Å²) in [6, 6.07) is 0.389. The third-order valence-electron chi connectivity index (χ3n) is 4.44. The Balaban J connectivity index is 1.74. The number of nitrogens with zero attached hydrogens (tertiary/aromatic N) is 2. The van der Waals surface area contributed by atoms with Gasteiger partial charge in [0.05, 0.1) is 12.6 Å². The second-order valence-corrected chi connectivity index (χ2v) is 6.21. The molecule has 2 aliphatic rings. The molecule has 0 radical (unpaired) electrons. The van der Waals surface area contributed by atoms with Crippen molar-refractivity contribution >= 4 is 12.0 Å². The van der Waals surface area contributed by atoms with Crippen molar-refractivity contribution in [2.45, 2.75) is 51.3 Å². The number of urea groups is 1. The molecular formula is C15H27N3O4. The summed E-state index contributed by atoms with van der Waals surface area (Å²) in [6.07, 6.45) is 2.60. The highest BCUT2D eigenvalue weighted by Gasteiger charge is 2.35. The summed E-state index contributed by atoms with van der Waals surface area (Å²) in [6.45, 7) is 6.80. The predicted molar refractivity (Wildman–Crippen MR) is 81.8 cm³/mol. The SMILES string of the molecule is CCN(CC(=O)O)C1CC(NC(=O)N2CCCOC(C)C2)C1. The first kappa shape index (κ1) is 17.0. The molecule has 1 heterocycles. The number of hydrogen-bond acceptors (Lipinski definition) is 4. The fourth-order valence-corrected chi connectivity index (χ4v) is 3.12. The molecule has 126 valence electrons. The molecule has 1 unspecified atom stereocenters. The Bertz CT molecular complexity index is 398. The summed E-state index contributed by atoms with van der Waals surface area (Å²) in [5.41, 5.74) is 0. The molecule has 7 nitrogen and oxygen atoms in total. The Morgan fingerprint density at radius 1 is 1.41 bits per heavy atom. The van der Waals surface area contributed by atoms with Crippen LogP contribution in [0.4, 0.5) is 4.79 Å². The van der Waals surface area contributed by atoms with Crippen molar-refractivity contribution < 1.29 is 19.4 Å². The smallest absolute Gasteiger partial charge is 0.317 e. The number of carbonyl (C=O) groups is 2. The molecule has 0 bridgehead atoms. The van der Waals surface area contributed by atoms with E-state index in [-0.39, 0.29) is 30.8 Å². The van der Waals surface area contributed by atoms with Crippen molar-refractivity contribution in [2.24, 2.45) is 0 Å². The van der Waals surface area contributed by atoms with Gasteiger partial charge in [0.15, 0.2) is 0 Å². The number of hydrogen-bond donors (Lipinski definition) is 2. The number of amides is 2. The van der Waals surface area contributed by atoms with E-state index in [0.29, 0.717) is 13.2 Å². The van der Waals surface area contributed by atoms with Crippen molar-refractivity contribution in [3.8, 4) is 0 Å². The molecule has 0 aromatic rings. The van der Waals surface area contributed by atoms with Crippen LogP contribution in [0.15, 0.2) is 0 Å². The van der Waals surface area contributed by atoms with Crippen LogP contribution in [0.25, 0.3) is 0 Å². The number of nitrogens with one attached hydrogen (secondary N) is 1. The molecule has 2 N–H and O–H groups in total. The summed E-state index contributed by atoms with van der Waals surface area (Å²) in [5.74, 6) is -0.798. The lowest BCUT2D eigenvalue weighted by atomic mass is 9.85. The van der Waals surface area contributed by atoms with E-state index in [0.717, 1.165) is 32.4 Å². The van der Waals surface area contributed by atoms with Gasteiger partial charge in [0, 0.05) is 31.8 Å². The van der Waals surface area contributed by atoms with E-state index in [1.54, 1.807) is 0 Å². The van der Waals surface area contributed by atoms with Gasteiger partial charge in [0.25, 0.3) is 0 Å². The topological polar surface area (TPSA) is 82.1 Å². The third kappa shape index (κ3) is 4.58. The van der Waals surface area contributed by atoms with Crippen LogP contribution in [0.1, 0.15) is 33.1 Å². The zero-order chi connectivity index (χ0) is 16.1. The molecule has 2 rings (SSSR count). The van der Waals surface area contributed by atoms with Gasteiger partial charge in [-0.1, -0.05) is 6.92 Å². The Hall–Kier alpha value is -1.34. The largest absolute Gasteiger partial charge is 0.480 e. The zero-order valence-corrected chi connectivity index (χ0v) is 13.5. The standard InChI is InChI=1S/C15H27N3O4/c1-3-17(10-14(19)20)13-7-12(8-13)16-15(21)18-5-4-6-22-11(2)9-18/h11-13H,3-10H2,1-2H3,(H,16,21)(H,19,20). The molecule has 22 heavy (non-hydrogen) atoms. The Labute approximate surface area is 131 Å². The van der Waals surface area contributed by atoms with Crippen molar-refractivity contribution in [3.63, 3.8) is 0 Å². The summed E-state index contributed by atoms with van der Waals surface area (Å²) in [7, 11) is 0. The highest BCUT2D eigenvalue weighted by Crippen LogP contribution is 2.25. The average molecular weight is 313 g/mol. The predicted octanol–water partition coefficient (Wildman–Crippen LogP) is 0.744. The minimum absolute atomic E-state index is 0.0258. The maximum Gasteiger partial charge on any atom is 0.317 e. The molecule has 0 aromatic carbocycles. The van der Waals surface area contributed by atoms with E-state index >= 15 is 0 Å². The summed E-state index contributed by atoms with van der Waals surface area (Å²) in [5, 5.41) is 11.9. The fourth-order valence-electron chi connectivity index (χ4n) is 3.12. The number of ether oxygens (including phenoxy) is 1. The van der Waals surface area contributed by atoms with Crippen LogP contribution in [0.2, 0.25) is 0 Å². The summed E-state index contributed by atoms with van der Waals surface area (Å²) >= 11 is 0. The molecule has 2 fully saturated rings. The Kier molecular flexibility index (Phi) is 6.02.